The fourth-order valence-corrected chi connectivity index (χ4v) is 8.81. The smallest absolute Gasteiger partial charge is 0.305 e. The van der Waals surface area contributed by atoms with Crippen molar-refractivity contribution in [3.8, 4) is 0 Å². The summed E-state index contributed by atoms with van der Waals surface area (Å²) in [6, 6.07) is -0.653. The van der Waals surface area contributed by atoms with Gasteiger partial charge in [-0.2, -0.15) is 0 Å². The third-order valence-electron chi connectivity index (χ3n) is 13.2. The molecule has 0 aromatic carbocycles. The number of hydrogen-bond acceptors (Lipinski definition) is 5. The molecule has 0 rings (SSSR count). The Morgan fingerprint density at radius 3 is 1.11 bits per heavy atom. The predicted molar refractivity (Wildman–Crippen MR) is 278 cm³/mol. The van der Waals surface area contributed by atoms with E-state index in [9.17, 15) is 19.8 Å². The fraction of sp³-hybridized carbons (Fsp3) is 0.897. The Bertz CT molecular complexity index is 997. The molecule has 0 aliphatic rings. The standard InChI is InChI=1S/C58H111NO5/c1-3-5-7-9-11-13-15-17-19-20-21-22-23-24-25-27-28-30-34-38-42-46-50-56(61)55(54-60)59-57(62)51-47-43-39-35-32-33-37-41-45-49-53-64-58(63)52-48-44-40-36-31-29-26-18-16-14-12-10-8-6-4-2/h33,37,46,50,55-56,60-61H,3-32,34-36,38-45,47-49,51-54H2,1-2H3,(H,59,62)/b37-33-,50-46+. The molecule has 1 amide bonds. The highest BCUT2D eigenvalue weighted by molar-refractivity contribution is 5.76. The average molecular weight is 903 g/mol. The SMILES string of the molecule is CCCCCCCCCCCCCCCCCCCCCC/C=C/C(O)C(CO)NC(=O)CCCCCC/C=C\CCCCOC(=O)CCCCCCCCCCCCCCCCC. The molecule has 0 aromatic heterocycles. The third kappa shape index (κ3) is 49.8. The van der Waals surface area contributed by atoms with Crippen LogP contribution in [0.2, 0.25) is 0 Å². The number of rotatable bonds is 53. The van der Waals surface area contributed by atoms with Gasteiger partial charge < -0.3 is 20.3 Å². The normalized spacial score (nSPS) is 12.8. The highest BCUT2D eigenvalue weighted by Gasteiger charge is 2.18. The van der Waals surface area contributed by atoms with Crippen molar-refractivity contribution in [2.75, 3.05) is 13.2 Å². The predicted octanol–water partition coefficient (Wildman–Crippen LogP) is 17.5. The number of nitrogens with one attached hydrogen (secondary N) is 1. The van der Waals surface area contributed by atoms with Crippen molar-refractivity contribution in [1.29, 1.82) is 0 Å². The molecule has 0 saturated carbocycles. The summed E-state index contributed by atoms with van der Waals surface area (Å²) in [6.07, 6.45) is 64.9. The zero-order chi connectivity index (χ0) is 46.5. The van der Waals surface area contributed by atoms with E-state index in [-0.39, 0.29) is 18.5 Å². The van der Waals surface area contributed by atoms with Gasteiger partial charge in [-0.15, -0.1) is 0 Å². The lowest BCUT2D eigenvalue weighted by Crippen LogP contribution is -2.45. The van der Waals surface area contributed by atoms with Crippen LogP contribution in [0.4, 0.5) is 0 Å². The van der Waals surface area contributed by atoms with Crippen molar-refractivity contribution in [3.63, 3.8) is 0 Å². The summed E-state index contributed by atoms with van der Waals surface area (Å²) in [6.45, 7) is 4.84. The lowest BCUT2D eigenvalue weighted by molar-refractivity contribution is -0.143. The molecule has 0 fully saturated rings. The van der Waals surface area contributed by atoms with Crippen molar-refractivity contribution in [2.24, 2.45) is 0 Å². The number of amides is 1. The maximum absolute atomic E-state index is 12.5. The number of allylic oxidation sites excluding steroid dienone is 3. The van der Waals surface area contributed by atoms with Crippen LogP contribution < -0.4 is 5.32 Å². The Hall–Kier alpha value is -1.66. The monoisotopic (exact) mass is 902 g/mol. The highest BCUT2D eigenvalue weighted by Crippen LogP contribution is 2.17. The van der Waals surface area contributed by atoms with Crippen LogP contribution >= 0.6 is 0 Å². The van der Waals surface area contributed by atoms with E-state index in [1.165, 1.54) is 205 Å². The first-order valence-corrected chi connectivity index (χ1v) is 28.6. The molecule has 0 saturated heterocycles. The number of carbonyl (C=O) groups excluding carboxylic acids is 2. The van der Waals surface area contributed by atoms with Gasteiger partial charge in [0.25, 0.3) is 0 Å². The Labute approximate surface area is 399 Å². The summed E-state index contributed by atoms with van der Waals surface area (Å²) in [5, 5.41) is 23.1. The third-order valence-corrected chi connectivity index (χ3v) is 13.2. The van der Waals surface area contributed by atoms with E-state index in [2.05, 4.69) is 31.3 Å². The van der Waals surface area contributed by atoms with Gasteiger partial charge in [-0.1, -0.05) is 263 Å². The van der Waals surface area contributed by atoms with Crippen LogP contribution in [0, 0.1) is 0 Å². The Balaban J connectivity index is 3.54. The number of carbonyl (C=O) groups is 2. The molecule has 6 nitrogen and oxygen atoms in total. The summed E-state index contributed by atoms with van der Waals surface area (Å²) in [5.74, 6) is -0.136. The van der Waals surface area contributed by atoms with Gasteiger partial charge in [-0.05, 0) is 57.8 Å². The summed E-state index contributed by atoms with van der Waals surface area (Å²) < 4.78 is 5.44. The number of aliphatic hydroxyl groups excluding tert-OH is 2. The highest BCUT2D eigenvalue weighted by atomic mass is 16.5. The van der Waals surface area contributed by atoms with Crippen LogP contribution in [0.1, 0.15) is 309 Å². The second-order valence-electron chi connectivity index (χ2n) is 19.6. The molecule has 378 valence electrons. The fourth-order valence-electron chi connectivity index (χ4n) is 8.81. The molecule has 0 radical (unpaired) electrons. The van der Waals surface area contributed by atoms with Crippen LogP contribution in [0.5, 0.6) is 0 Å². The van der Waals surface area contributed by atoms with Crippen LogP contribution in [0.15, 0.2) is 24.3 Å². The van der Waals surface area contributed by atoms with Crippen molar-refractivity contribution in [2.45, 2.75) is 321 Å². The maximum atomic E-state index is 12.5. The Kier molecular flexibility index (Phi) is 52.6. The van der Waals surface area contributed by atoms with E-state index in [1.54, 1.807) is 6.08 Å². The number of aliphatic hydroxyl groups is 2. The van der Waals surface area contributed by atoms with Gasteiger partial charge in [-0.25, -0.2) is 0 Å². The van der Waals surface area contributed by atoms with Crippen molar-refractivity contribution < 1.29 is 24.5 Å². The number of ether oxygens (including phenoxy) is 1. The Morgan fingerprint density at radius 2 is 0.734 bits per heavy atom. The minimum absolute atomic E-state index is 0.0350. The topological polar surface area (TPSA) is 95.9 Å². The van der Waals surface area contributed by atoms with E-state index in [0.717, 1.165) is 77.0 Å². The van der Waals surface area contributed by atoms with Gasteiger partial charge in [0.05, 0.1) is 25.4 Å². The van der Waals surface area contributed by atoms with Crippen LogP contribution in [0.25, 0.3) is 0 Å². The molecule has 0 aromatic rings. The largest absolute Gasteiger partial charge is 0.466 e. The summed E-state index contributed by atoms with van der Waals surface area (Å²) >= 11 is 0. The van der Waals surface area contributed by atoms with Gasteiger partial charge >= 0.3 is 5.97 Å². The lowest BCUT2D eigenvalue weighted by atomic mass is 10.0. The van der Waals surface area contributed by atoms with Crippen molar-refractivity contribution in [1.82, 2.24) is 5.32 Å². The van der Waals surface area contributed by atoms with E-state index in [4.69, 9.17) is 4.74 Å². The molecule has 0 bridgehead atoms. The first kappa shape index (κ1) is 62.3. The maximum Gasteiger partial charge on any atom is 0.305 e. The zero-order valence-electron chi connectivity index (χ0n) is 43.0. The summed E-state index contributed by atoms with van der Waals surface area (Å²) in [4.78, 5) is 24.5. The van der Waals surface area contributed by atoms with Crippen LogP contribution in [-0.4, -0.2) is 47.4 Å². The molecule has 0 spiro atoms. The molecular weight excluding hydrogens is 791 g/mol. The van der Waals surface area contributed by atoms with Crippen LogP contribution in [0.3, 0.4) is 0 Å². The zero-order valence-corrected chi connectivity index (χ0v) is 43.0. The van der Waals surface area contributed by atoms with Gasteiger partial charge in [0.1, 0.15) is 0 Å². The van der Waals surface area contributed by atoms with Gasteiger partial charge in [-0.3, -0.25) is 9.59 Å². The second kappa shape index (κ2) is 54.0. The number of hydrogen-bond donors (Lipinski definition) is 3. The molecular formula is C58H111NO5. The second-order valence-corrected chi connectivity index (χ2v) is 19.6. The molecule has 3 N–H and O–H groups in total. The molecule has 2 atom stereocenters. The van der Waals surface area contributed by atoms with E-state index < -0.39 is 12.1 Å². The van der Waals surface area contributed by atoms with Crippen molar-refractivity contribution in [3.05, 3.63) is 24.3 Å². The summed E-state index contributed by atoms with van der Waals surface area (Å²) in [5.41, 5.74) is 0. The molecule has 0 aliphatic heterocycles. The van der Waals surface area contributed by atoms with Gasteiger partial charge in [0.2, 0.25) is 5.91 Å². The first-order valence-electron chi connectivity index (χ1n) is 28.6. The minimum atomic E-state index is -0.866. The van der Waals surface area contributed by atoms with Crippen LogP contribution in [-0.2, 0) is 14.3 Å². The Morgan fingerprint density at radius 1 is 0.422 bits per heavy atom. The average Bonchev–Trinajstić information content (AvgIpc) is 3.29. The van der Waals surface area contributed by atoms with Crippen molar-refractivity contribution >= 4 is 11.9 Å². The van der Waals surface area contributed by atoms with Gasteiger partial charge in [0, 0.05) is 12.8 Å². The van der Waals surface area contributed by atoms with Gasteiger partial charge in [0.15, 0.2) is 0 Å². The first-order chi connectivity index (χ1) is 31.5. The van der Waals surface area contributed by atoms with E-state index >= 15 is 0 Å². The molecule has 0 aliphatic carbocycles. The summed E-state index contributed by atoms with van der Waals surface area (Å²) in [7, 11) is 0. The van der Waals surface area contributed by atoms with E-state index in [0.29, 0.717) is 19.4 Å². The molecule has 2 unspecified atom stereocenters. The minimum Gasteiger partial charge on any atom is -0.466 e. The lowest BCUT2D eigenvalue weighted by Gasteiger charge is -2.20. The van der Waals surface area contributed by atoms with E-state index in [1.807, 2.05) is 6.08 Å². The number of unbranched alkanes of at least 4 members (excludes halogenated alkanes) is 40. The quantitative estimate of drug-likeness (QED) is 0.0321. The molecule has 6 heteroatoms. The molecule has 0 heterocycles. The molecule has 64 heavy (non-hydrogen) atoms. The number of esters is 1.